The minimum absolute atomic E-state index is 0.146. The van der Waals surface area contributed by atoms with Gasteiger partial charge in [0.25, 0.3) is 0 Å². The van der Waals surface area contributed by atoms with E-state index in [1.807, 2.05) is 0 Å². The van der Waals surface area contributed by atoms with Crippen molar-refractivity contribution in [3.8, 4) is 0 Å². The van der Waals surface area contributed by atoms with Crippen molar-refractivity contribution in [1.82, 2.24) is 0 Å². The van der Waals surface area contributed by atoms with Gasteiger partial charge in [-0.15, -0.1) is 5.47 Å². The first-order valence-electron chi connectivity index (χ1n) is 3.81. The Balaban J connectivity index is 4.34. The lowest BCUT2D eigenvalue weighted by molar-refractivity contribution is 1.49. The highest BCUT2D eigenvalue weighted by molar-refractivity contribution is 7.60. The maximum Gasteiger partial charge on any atom is 0.164 e. The third kappa shape index (κ3) is 2.88. The Labute approximate surface area is 66.9 Å². The van der Waals surface area contributed by atoms with Gasteiger partial charge < -0.3 is 0 Å². The highest BCUT2D eigenvalue weighted by Crippen LogP contribution is 2.38. The van der Waals surface area contributed by atoms with E-state index in [-0.39, 0.29) is 7.92 Å². The molecule has 0 nitrogen and oxygen atoms in total. The van der Waals surface area contributed by atoms with Crippen LogP contribution in [0.2, 0.25) is 13.6 Å². The second-order valence-electron chi connectivity index (χ2n) is 3.32. The van der Waals surface area contributed by atoms with Gasteiger partial charge in [0.15, 0.2) is 6.71 Å². The van der Waals surface area contributed by atoms with E-state index in [9.17, 15) is 0 Å². The summed E-state index contributed by atoms with van der Waals surface area (Å²) in [6.07, 6.45) is 0. The molecule has 0 bridgehead atoms. The van der Waals surface area contributed by atoms with E-state index in [0.717, 1.165) is 6.71 Å². The fourth-order valence-corrected chi connectivity index (χ4v) is 1.73. The van der Waals surface area contributed by atoms with Crippen molar-refractivity contribution >= 4 is 14.6 Å². The molecule has 0 radical (unpaired) electrons. The lowest BCUT2D eigenvalue weighted by atomic mass is 9.49. The monoisotopic (exact) mass is 156 g/mol. The molecular weight excluding hydrogens is 138 g/mol. The molecule has 0 unspecified atom stereocenters. The van der Waals surface area contributed by atoms with Gasteiger partial charge in [0.05, 0.1) is 0 Å². The summed E-state index contributed by atoms with van der Waals surface area (Å²) in [5.74, 6) is 0. The van der Waals surface area contributed by atoms with E-state index < -0.39 is 0 Å². The molecule has 0 N–H and O–H groups in total. The zero-order valence-corrected chi connectivity index (χ0v) is 8.92. The summed E-state index contributed by atoms with van der Waals surface area (Å²) in [5.41, 5.74) is 1.58. The van der Waals surface area contributed by atoms with Crippen LogP contribution in [0.3, 0.4) is 0 Å². The predicted octanol–water partition coefficient (Wildman–Crippen LogP) is 3.32. The number of hydrogen-bond donors (Lipinski definition) is 0. The first-order valence-corrected chi connectivity index (χ1v) is 6.05. The van der Waals surface area contributed by atoms with Crippen LogP contribution in [0.4, 0.5) is 0 Å². The van der Waals surface area contributed by atoms with Crippen LogP contribution >= 0.6 is 7.92 Å². The van der Waals surface area contributed by atoms with Gasteiger partial charge in [0.1, 0.15) is 0 Å². The van der Waals surface area contributed by atoms with Crippen LogP contribution in [0.15, 0.2) is 10.8 Å². The number of rotatable bonds is 2. The molecule has 0 aromatic rings. The quantitative estimate of drug-likeness (QED) is 0.425. The fourth-order valence-electron chi connectivity index (χ4n) is 0.770. The molecule has 0 aliphatic rings. The summed E-state index contributed by atoms with van der Waals surface area (Å²) >= 11 is 0. The molecular formula is C8H18BP. The van der Waals surface area contributed by atoms with Gasteiger partial charge in [-0.3, -0.25) is 0 Å². The van der Waals surface area contributed by atoms with Crippen molar-refractivity contribution in [3.63, 3.8) is 0 Å². The van der Waals surface area contributed by atoms with E-state index in [4.69, 9.17) is 0 Å². The van der Waals surface area contributed by atoms with Crippen molar-refractivity contribution < 1.29 is 0 Å². The maximum absolute atomic E-state index is 2.32. The lowest BCUT2D eigenvalue weighted by Gasteiger charge is -2.12. The van der Waals surface area contributed by atoms with Gasteiger partial charge in [0, 0.05) is 0 Å². The van der Waals surface area contributed by atoms with Crippen molar-refractivity contribution in [2.75, 3.05) is 13.3 Å². The fraction of sp³-hybridized carbons (Fsp3) is 0.750. The number of hydrogen-bond acceptors (Lipinski definition) is 0. The van der Waals surface area contributed by atoms with E-state index in [0.29, 0.717) is 0 Å². The topological polar surface area (TPSA) is 0 Å². The van der Waals surface area contributed by atoms with E-state index >= 15 is 0 Å². The zero-order valence-electron chi connectivity index (χ0n) is 8.02. The van der Waals surface area contributed by atoms with Crippen molar-refractivity contribution in [3.05, 3.63) is 10.8 Å². The molecule has 0 atom stereocenters. The largest absolute Gasteiger partial charge is 0.164 e. The lowest BCUT2D eigenvalue weighted by Crippen LogP contribution is -2.03. The second kappa shape index (κ2) is 4.18. The standard InChI is InChI=1S/C8H18BP/c1-7(9(3)4)8(2)10(5)6/h1-6H3/b8-7-. The molecule has 0 aromatic carbocycles. The Kier molecular flexibility index (Phi) is 4.28. The molecule has 0 spiro atoms. The van der Waals surface area contributed by atoms with Crippen LogP contribution < -0.4 is 0 Å². The summed E-state index contributed by atoms with van der Waals surface area (Å²) in [5, 5.41) is 1.62. The predicted molar refractivity (Wildman–Crippen MR) is 54.6 cm³/mol. The Morgan fingerprint density at radius 2 is 1.50 bits per heavy atom. The van der Waals surface area contributed by atoms with Crippen LogP contribution in [0.1, 0.15) is 13.8 Å². The Bertz CT molecular complexity index is 120. The highest BCUT2D eigenvalue weighted by atomic mass is 31.1. The van der Waals surface area contributed by atoms with Gasteiger partial charge in [0.2, 0.25) is 0 Å². The molecule has 0 heterocycles. The molecule has 0 aliphatic carbocycles. The van der Waals surface area contributed by atoms with Crippen molar-refractivity contribution in [2.24, 2.45) is 0 Å². The van der Waals surface area contributed by atoms with Crippen LogP contribution in [0.25, 0.3) is 0 Å². The van der Waals surface area contributed by atoms with Crippen LogP contribution in [0.5, 0.6) is 0 Å². The maximum atomic E-state index is 2.32. The number of allylic oxidation sites excluding steroid dienone is 2. The van der Waals surface area contributed by atoms with Crippen molar-refractivity contribution in [2.45, 2.75) is 27.5 Å². The SMILES string of the molecule is CB(C)/C(C)=C(/C)P(C)C. The van der Waals surface area contributed by atoms with E-state index in [2.05, 4.69) is 40.8 Å². The van der Waals surface area contributed by atoms with Crippen LogP contribution in [0, 0.1) is 0 Å². The summed E-state index contributed by atoms with van der Waals surface area (Å²) in [6, 6.07) is 0. The van der Waals surface area contributed by atoms with Crippen LogP contribution in [-0.2, 0) is 0 Å². The van der Waals surface area contributed by atoms with Gasteiger partial charge in [-0.2, -0.15) is 0 Å². The molecule has 0 saturated heterocycles. The smallest absolute Gasteiger partial charge is 0.101 e. The second-order valence-corrected chi connectivity index (χ2v) is 5.78. The average Bonchev–Trinajstić information content (AvgIpc) is 1.84. The molecule has 0 aliphatic heterocycles. The minimum atomic E-state index is 0.146. The summed E-state index contributed by atoms with van der Waals surface area (Å²) in [6.45, 7) is 14.4. The molecule has 58 valence electrons. The van der Waals surface area contributed by atoms with Crippen molar-refractivity contribution in [1.29, 1.82) is 0 Å². The normalized spacial score (nSPS) is 13.5. The Morgan fingerprint density at radius 1 is 1.10 bits per heavy atom. The van der Waals surface area contributed by atoms with Crippen LogP contribution in [-0.4, -0.2) is 20.0 Å². The molecule has 0 fully saturated rings. The van der Waals surface area contributed by atoms with Gasteiger partial charge in [-0.1, -0.05) is 33.8 Å². The molecule has 0 aromatic heterocycles. The summed E-state index contributed by atoms with van der Waals surface area (Å²) in [7, 11) is 0.146. The van der Waals surface area contributed by atoms with E-state index in [1.54, 1.807) is 10.8 Å². The zero-order chi connectivity index (χ0) is 8.31. The Hall–Kier alpha value is 0.235. The first kappa shape index (κ1) is 10.2. The van der Waals surface area contributed by atoms with Gasteiger partial charge in [-0.05, 0) is 20.3 Å². The first-order chi connectivity index (χ1) is 4.46. The third-order valence-corrected chi connectivity index (χ3v) is 3.80. The summed E-state index contributed by atoms with van der Waals surface area (Å²) < 4.78 is 0. The molecule has 0 rings (SSSR count). The summed E-state index contributed by atoms with van der Waals surface area (Å²) in [4.78, 5) is 0. The average molecular weight is 156 g/mol. The third-order valence-electron chi connectivity index (χ3n) is 2.11. The minimum Gasteiger partial charge on any atom is -0.101 e. The van der Waals surface area contributed by atoms with E-state index in [1.165, 1.54) is 0 Å². The Morgan fingerprint density at radius 3 is 1.60 bits per heavy atom. The molecule has 0 saturated carbocycles. The highest BCUT2D eigenvalue weighted by Gasteiger charge is 2.06. The molecule has 0 amide bonds. The van der Waals surface area contributed by atoms with Gasteiger partial charge in [-0.25, -0.2) is 0 Å². The molecule has 2 heteroatoms. The molecule has 10 heavy (non-hydrogen) atoms. The van der Waals surface area contributed by atoms with Gasteiger partial charge >= 0.3 is 0 Å².